The van der Waals surface area contributed by atoms with Crippen LogP contribution in [0, 0.1) is 5.92 Å². The van der Waals surface area contributed by atoms with Crippen molar-refractivity contribution in [3.63, 3.8) is 0 Å². The smallest absolute Gasteiger partial charge is 0.257 e. The predicted molar refractivity (Wildman–Crippen MR) is 119 cm³/mol. The van der Waals surface area contributed by atoms with Crippen molar-refractivity contribution in [2.75, 3.05) is 11.9 Å². The minimum atomic E-state index is -0.256. The molecular formula is C25H27N3O3. The fourth-order valence-corrected chi connectivity index (χ4v) is 3.72. The third-order valence-corrected chi connectivity index (χ3v) is 5.43. The molecule has 31 heavy (non-hydrogen) atoms. The van der Waals surface area contributed by atoms with Gasteiger partial charge in [-0.05, 0) is 55.2 Å². The second-order valence-electron chi connectivity index (χ2n) is 7.80. The van der Waals surface area contributed by atoms with E-state index in [-0.39, 0.29) is 5.91 Å². The number of carbonyl (C=O) groups excluding carboxylic acids is 1. The number of hydrogen-bond acceptors (Lipinski definition) is 5. The second-order valence-corrected chi connectivity index (χ2v) is 7.80. The quantitative estimate of drug-likeness (QED) is 0.541. The van der Waals surface area contributed by atoms with Crippen LogP contribution in [0.3, 0.4) is 0 Å². The number of amides is 1. The van der Waals surface area contributed by atoms with E-state index in [0.29, 0.717) is 42.0 Å². The van der Waals surface area contributed by atoms with Gasteiger partial charge in [0.15, 0.2) is 11.6 Å². The fourth-order valence-electron chi connectivity index (χ4n) is 3.72. The summed E-state index contributed by atoms with van der Waals surface area (Å²) in [6.07, 6.45) is 11.4. The summed E-state index contributed by atoms with van der Waals surface area (Å²) in [5.74, 6) is 1.97. The molecule has 1 fully saturated rings. The van der Waals surface area contributed by atoms with Crippen LogP contribution in [0.2, 0.25) is 0 Å². The van der Waals surface area contributed by atoms with E-state index in [1.54, 1.807) is 36.8 Å². The monoisotopic (exact) mass is 417 g/mol. The molecule has 0 bridgehead atoms. The van der Waals surface area contributed by atoms with Crippen LogP contribution in [-0.2, 0) is 6.61 Å². The zero-order valence-electron chi connectivity index (χ0n) is 17.5. The second kappa shape index (κ2) is 10.6. The summed E-state index contributed by atoms with van der Waals surface area (Å²) >= 11 is 0. The largest absolute Gasteiger partial charge is 0.489 e. The van der Waals surface area contributed by atoms with Crippen molar-refractivity contribution in [2.24, 2.45) is 5.92 Å². The maximum atomic E-state index is 12.8. The van der Waals surface area contributed by atoms with Crippen molar-refractivity contribution >= 4 is 11.7 Å². The highest BCUT2D eigenvalue weighted by Crippen LogP contribution is 2.27. The number of ether oxygens (including phenoxy) is 2. The lowest BCUT2D eigenvalue weighted by molar-refractivity contribution is 0.102. The van der Waals surface area contributed by atoms with Crippen LogP contribution in [0.4, 0.5) is 5.82 Å². The van der Waals surface area contributed by atoms with Gasteiger partial charge < -0.3 is 14.8 Å². The third kappa shape index (κ3) is 6.04. The molecule has 0 aliphatic heterocycles. The van der Waals surface area contributed by atoms with Crippen LogP contribution >= 0.6 is 0 Å². The zero-order valence-corrected chi connectivity index (χ0v) is 17.5. The molecule has 2 heterocycles. The first-order valence-corrected chi connectivity index (χ1v) is 10.8. The highest BCUT2D eigenvalue weighted by Gasteiger charge is 2.16. The first kappa shape index (κ1) is 20.8. The van der Waals surface area contributed by atoms with E-state index in [2.05, 4.69) is 15.3 Å². The molecule has 1 aromatic carbocycles. The molecule has 1 aliphatic rings. The molecule has 6 nitrogen and oxygen atoms in total. The van der Waals surface area contributed by atoms with Crippen LogP contribution in [0.25, 0.3) is 0 Å². The lowest BCUT2D eigenvalue weighted by Gasteiger charge is -2.22. The summed E-state index contributed by atoms with van der Waals surface area (Å²) in [4.78, 5) is 21.2. The lowest BCUT2D eigenvalue weighted by atomic mass is 9.90. The Labute approximate surface area is 182 Å². The number of nitrogens with zero attached hydrogens (tertiary/aromatic N) is 2. The molecule has 1 amide bonds. The van der Waals surface area contributed by atoms with Crippen molar-refractivity contribution in [3.8, 4) is 11.5 Å². The van der Waals surface area contributed by atoms with Crippen LogP contribution in [0.5, 0.6) is 11.5 Å². The Kier molecular flexibility index (Phi) is 7.11. The molecule has 4 rings (SSSR count). The van der Waals surface area contributed by atoms with Crippen molar-refractivity contribution < 1.29 is 14.3 Å². The Morgan fingerprint density at radius 3 is 2.71 bits per heavy atom. The van der Waals surface area contributed by atoms with Crippen molar-refractivity contribution in [1.29, 1.82) is 0 Å². The number of aromatic nitrogens is 2. The summed E-state index contributed by atoms with van der Waals surface area (Å²) in [5.41, 5.74) is 1.46. The average Bonchev–Trinajstić information content (AvgIpc) is 2.84. The van der Waals surface area contributed by atoms with Crippen LogP contribution in [0.1, 0.15) is 48.0 Å². The van der Waals surface area contributed by atoms with Gasteiger partial charge in [-0.3, -0.25) is 9.78 Å². The van der Waals surface area contributed by atoms with E-state index in [0.717, 1.165) is 5.56 Å². The lowest BCUT2D eigenvalue weighted by Crippen LogP contribution is -2.17. The SMILES string of the molecule is O=C(Nc1ncccc1OCC1CCCCC1)c1cccc(OCc2cccnc2)c1. The standard InChI is InChI=1S/C25H27N3O3/c29-25(21-10-4-11-22(15-21)30-18-20-9-5-13-26-16-20)28-24-23(12-6-14-27-24)31-17-19-7-2-1-3-8-19/h4-6,9-16,19H,1-3,7-8,17-18H2,(H,27,28,29). The van der Waals surface area contributed by atoms with Gasteiger partial charge in [-0.2, -0.15) is 0 Å². The third-order valence-electron chi connectivity index (χ3n) is 5.43. The molecule has 160 valence electrons. The normalized spacial score (nSPS) is 14.1. The summed E-state index contributed by atoms with van der Waals surface area (Å²) in [6, 6.07) is 14.6. The van der Waals surface area contributed by atoms with Gasteiger partial charge in [0, 0.05) is 29.7 Å². The Balaban J connectivity index is 1.38. The van der Waals surface area contributed by atoms with Crippen LogP contribution < -0.4 is 14.8 Å². The number of benzene rings is 1. The Morgan fingerprint density at radius 1 is 1.00 bits per heavy atom. The molecule has 1 N–H and O–H groups in total. The highest BCUT2D eigenvalue weighted by molar-refractivity contribution is 6.04. The minimum absolute atomic E-state index is 0.256. The van der Waals surface area contributed by atoms with Gasteiger partial charge in [-0.25, -0.2) is 4.98 Å². The minimum Gasteiger partial charge on any atom is -0.489 e. The van der Waals surface area contributed by atoms with E-state index < -0.39 is 0 Å². The predicted octanol–water partition coefficient (Wildman–Crippen LogP) is 5.27. The van der Waals surface area contributed by atoms with E-state index >= 15 is 0 Å². The Bertz CT molecular complexity index is 988. The van der Waals surface area contributed by atoms with E-state index in [1.165, 1.54) is 32.1 Å². The van der Waals surface area contributed by atoms with Gasteiger partial charge in [0.2, 0.25) is 0 Å². The number of rotatable bonds is 8. The number of hydrogen-bond donors (Lipinski definition) is 1. The van der Waals surface area contributed by atoms with E-state index in [9.17, 15) is 4.79 Å². The Hall–Kier alpha value is -3.41. The summed E-state index contributed by atoms with van der Waals surface area (Å²) in [6.45, 7) is 1.05. The fraction of sp³-hybridized carbons (Fsp3) is 0.320. The summed E-state index contributed by atoms with van der Waals surface area (Å²) < 4.78 is 11.8. The number of nitrogens with one attached hydrogen (secondary N) is 1. The van der Waals surface area contributed by atoms with Crippen LogP contribution in [0.15, 0.2) is 67.1 Å². The number of anilines is 1. The van der Waals surface area contributed by atoms with Gasteiger partial charge >= 0.3 is 0 Å². The van der Waals surface area contributed by atoms with E-state index in [1.807, 2.05) is 30.3 Å². The van der Waals surface area contributed by atoms with Gasteiger partial charge in [0.05, 0.1) is 6.61 Å². The maximum Gasteiger partial charge on any atom is 0.257 e. The molecule has 0 spiro atoms. The molecule has 0 radical (unpaired) electrons. The van der Waals surface area contributed by atoms with Crippen LogP contribution in [-0.4, -0.2) is 22.5 Å². The number of pyridine rings is 2. The van der Waals surface area contributed by atoms with Gasteiger partial charge in [-0.15, -0.1) is 0 Å². The van der Waals surface area contributed by atoms with Gasteiger partial charge in [0.1, 0.15) is 12.4 Å². The molecule has 6 heteroatoms. The summed E-state index contributed by atoms with van der Waals surface area (Å²) in [5, 5.41) is 2.87. The Morgan fingerprint density at radius 2 is 1.87 bits per heavy atom. The van der Waals surface area contributed by atoms with E-state index in [4.69, 9.17) is 9.47 Å². The van der Waals surface area contributed by atoms with Crippen molar-refractivity contribution in [1.82, 2.24) is 9.97 Å². The molecule has 0 saturated heterocycles. The topological polar surface area (TPSA) is 73.3 Å². The average molecular weight is 418 g/mol. The summed E-state index contributed by atoms with van der Waals surface area (Å²) in [7, 11) is 0. The molecule has 0 unspecified atom stereocenters. The molecule has 1 aliphatic carbocycles. The molecule has 0 atom stereocenters. The van der Waals surface area contributed by atoms with Gasteiger partial charge in [0.25, 0.3) is 5.91 Å². The van der Waals surface area contributed by atoms with Gasteiger partial charge in [-0.1, -0.05) is 31.4 Å². The first-order chi connectivity index (χ1) is 15.3. The maximum absolute atomic E-state index is 12.8. The van der Waals surface area contributed by atoms with Crippen molar-refractivity contribution in [3.05, 3.63) is 78.2 Å². The molecule has 3 aromatic rings. The van der Waals surface area contributed by atoms with Crippen molar-refractivity contribution in [2.45, 2.75) is 38.7 Å². The molecule has 1 saturated carbocycles. The molecular weight excluding hydrogens is 390 g/mol. The first-order valence-electron chi connectivity index (χ1n) is 10.8. The highest BCUT2D eigenvalue weighted by atomic mass is 16.5. The molecule has 2 aromatic heterocycles. The zero-order chi connectivity index (χ0) is 21.3. The number of carbonyl (C=O) groups is 1.